The Kier molecular flexibility index (Phi) is 2.68. The quantitative estimate of drug-likeness (QED) is 0.816. The molecule has 1 aliphatic rings. The lowest BCUT2D eigenvalue weighted by Gasteiger charge is -2.21. The molecule has 1 fully saturated rings. The van der Waals surface area contributed by atoms with Crippen LogP contribution >= 0.6 is 0 Å². The third-order valence-electron chi connectivity index (χ3n) is 3.49. The first-order valence-electron chi connectivity index (χ1n) is 5.67. The topological polar surface area (TPSA) is 61.3 Å². The van der Waals surface area contributed by atoms with Crippen molar-refractivity contribution < 1.29 is 4.74 Å². The minimum Gasteiger partial charge on any atom is -0.496 e. The Morgan fingerprint density at radius 1 is 1.25 bits per heavy atom. The average Bonchev–Trinajstić information content (AvgIpc) is 2.96. The molecule has 0 radical (unpaired) electrons. The van der Waals surface area contributed by atoms with Crippen molar-refractivity contribution in [3.8, 4) is 5.75 Å². The zero-order valence-corrected chi connectivity index (χ0v) is 10.2. The summed E-state index contributed by atoms with van der Waals surface area (Å²) in [7, 11) is 1.69. The summed E-state index contributed by atoms with van der Waals surface area (Å²) in [6, 6.07) is 4.11. The fraction of sp³-hybridized carbons (Fsp3) is 0.538. The molecular weight excluding hydrogens is 200 g/mol. The van der Waals surface area contributed by atoms with E-state index in [0.717, 1.165) is 35.3 Å². The van der Waals surface area contributed by atoms with Gasteiger partial charge in [-0.1, -0.05) is 12.1 Å². The van der Waals surface area contributed by atoms with Crippen LogP contribution in [0.4, 0.5) is 0 Å². The Labute approximate surface area is 96.8 Å². The van der Waals surface area contributed by atoms with E-state index in [1.165, 1.54) is 0 Å². The van der Waals surface area contributed by atoms with E-state index >= 15 is 0 Å². The monoisotopic (exact) mass is 220 g/mol. The summed E-state index contributed by atoms with van der Waals surface area (Å²) < 4.78 is 5.34. The van der Waals surface area contributed by atoms with Gasteiger partial charge in [0.15, 0.2) is 0 Å². The minimum absolute atomic E-state index is 0.0594. The van der Waals surface area contributed by atoms with E-state index in [1.54, 1.807) is 7.11 Å². The van der Waals surface area contributed by atoms with Gasteiger partial charge in [0.05, 0.1) is 7.11 Å². The Hall–Kier alpha value is -1.06. The van der Waals surface area contributed by atoms with E-state index in [0.29, 0.717) is 0 Å². The summed E-state index contributed by atoms with van der Waals surface area (Å²) >= 11 is 0. The summed E-state index contributed by atoms with van der Waals surface area (Å²) in [5.41, 5.74) is 15.5. The number of aryl methyl sites for hydroxylation is 2. The standard InChI is InChI=1S/C13H20N2O/c1-8-6-10(7-9(2)11(8)16-3)12(14)13(15)4-5-13/h6-7,12H,4-5,14-15H2,1-3H3. The fourth-order valence-corrected chi connectivity index (χ4v) is 2.27. The molecule has 0 heterocycles. The third-order valence-corrected chi connectivity index (χ3v) is 3.49. The Morgan fingerprint density at radius 2 is 1.75 bits per heavy atom. The molecule has 1 saturated carbocycles. The van der Waals surface area contributed by atoms with Gasteiger partial charge in [0.25, 0.3) is 0 Å². The number of ether oxygens (including phenoxy) is 1. The second-order valence-electron chi connectivity index (χ2n) is 4.90. The number of methoxy groups -OCH3 is 1. The molecule has 0 bridgehead atoms. The maximum atomic E-state index is 6.20. The van der Waals surface area contributed by atoms with Gasteiger partial charge in [-0.15, -0.1) is 0 Å². The van der Waals surface area contributed by atoms with Crippen LogP contribution in [0.5, 0.6) is 5.75 Å². The zero-order valence-electron chi connectivity index (χ0n) is 10.2. The van der Waals surface area contributed by atoms with Gasteiger partial charge in [-0.05, 0) is 43.4 Å². The van der Waals surface area contributed by atoms with Crippen LogP contribution in [-0.2, 0) is 0 Å². The van der Waals surface area contributed by atoms with Crippen LogP contribution in [0.25, 0.3) is 0 Å². The molecule has 1 unspecified atom stereocenters. The molecule has 0 aromatic heterocycles. The number of nitrogens with two attached hydrogens (primary N) is 2. The maximum absolute atomic E-state index is 6.20. The molecule has 88 valence electrons. The molecule has 1 aromatic rings. The van der Waals surface area contributed by atoms with E-state index < -0.39 is 0 Å². The molecule has 2 rings (SSSR count). The largest absolute Gasteiger partial charge is 0.496 e. The van der Waals surface area contributed by atoms with Crippen molar-refractivity contribution in [3.05, 3.63) is 28.8 Å². The van der Waals surface area contributed by atoms with Crippen LogP contribution in [0.2, 0.25) is 0 Å². The van der Waals surface area contributed by atoms with Gasteiger partial charge < -0.3 is 16.2 Å². The highest BCUT2D eigenvalue weighted by Gasteiger charge is 2.44. The van der Waals surface area contributed by atoms with E-state index in [2.05, 4.69) is 12.1 Å². The molecule has 0 aliphatic heterocycles. The second kappa shape index (κ2) is 3.75. The molecule has 0 saturated heterocycles. The van der Waals surface area contributed by atoms with Crippen molar-refractivity contribution in [2.75, 3.05) is 7.11 Å². The van der Waals surface area contributed by atoms with Gasteiger partial charge >= 0.3 is 0 Å². The van der Waals surface area contributed by atoms with Gasteiger partial charge in [0.2, 0.25) is 0 Å². The number of hydrogen-bond acceptors (Lipinski definition) is 3. The summed E-state index contributed by atoms with van der Waals surface area (Å²) in [5.74, 6) is 0.942. The van der Waals surface area contributed by atoms with Crippen molar-refractivity contribution >= 4 is 0 Å². The zero-order chi connectivity index (χ0) is 11.9. The minimum atomic E-state index is -0.173. The van der Waals surface area contributed by atoms with Crippen molar-refractivity contribution in [1.29, 1.82) is 0 Å². The molecule has 1 aromatic carbocycles. The van der Waals surface area contributed by atoms with Crippen LogP contribution in [0.1, 0.15) is 35.6 Å². The Morgan fingerprint density at radius 3 is 2.12 bits per heavy atom. The number of rotatable bonds is 3. The lowest BCUT2D eigenvalue weighted by Crippen LogP contribution is -2.36. The summed E-state index contributed by atoms with van der Waals surface area (Å²) in [4.78, 5) is 0. The fourth-order valence-electron chi connectivity index (χ4n) is 2.27. The summed E-state index contributed by atoms with van der Waals surface area (Å²) in [6.45, 7) is 4.08. The van der Waals surface area contributed by atoms with Crippen LogP contribution < -0.4 is 16.2 Å². The van der Waals surface area contributed by atoms with Crippen molar-refractivity contribution in [2.45, 2.75) is 38.3 Å². The van der Waals surface area contributed by atoms with Gasteiger partial charge in [-0.2, -0.15) is 0 Å². The predicted octanol–water partition coefficient (Wildman–Crippen LogP) is 1.80. The Balaban J connectivity index is 2.36. The van der Waals surface area contributed by atoms with E-state index in [1.807, 2.05) is 13.8 Å². The van der Waals surface area contributed by atoms with Gasteiger partial charge in [-0.25, -0.2) is 0 Å². The molecule has 0 spiro atoms. The lowest BCUT2D eigenvalue weighted by atomic mass is 9.95. The Bertz CT molecular complexity index is 387. The summed E-state index contributed by atoms with van der Waals surface area (Å²) in [5, 5.41) is 0. The molecule has 1 atom stereocenters. The number of hydrogen-bond donors (Lipinski definition) is 2. The van der Waals surface area contributed by atoms with Gasteiger partial charge in [0, 0.05) is 11.6 Å². The van der Waals surface area contributed by atoms with Crippen LogP contribution in [0, 0.1) is 13.8 Å². The highest BCUT2D eigenvalue weighted by Crippen LogP contribution is 2.43. The lowest BCUT2D eigenvalue weighted by molar-refractivity contribution is 0.408. The van der Waals surface area contributed by atoms with Crippen molar-refractivity contribution in [1.82, 2.24) is 0 Å². The van der Waals surface area contributed by atoms with Gasteiger partial charge in [-0.3, -0.25) is 0 Å². The summed E-state index contributed by atoms with van der Waals surface area (Å²) in [6.07, 6.45) is 2.05. The SMILES string of the molecule is COc1c(C)cc(C(N)C2(N)CC2)cc1C. The first-order valence-corrected chi connectivity index (χ1v) is 5.67. The molecule has 0 amide bonds. The normalized spacial score (nSPS) is 19.3. The van der Waals surface area contributed by atoms with Crippen molar-refractivity contribution in [3.63, 3.8) is 0 Å². The van der Waals surface area contributed by atoms with Crippen LogP contribution in [0.3, 0.4) is 0 Å². The number of benzene rings is 1. The predicted molar refractivity (Wildman–Crippen MR) is 65.5 cm³/mol. The van der Waals surface area contributed by atoms with Crippen LogP contribution in [0.15, 0.2) is 12.1 Å². The molecule has 3 heteroatoms. The van der Waals surface area contributed by atoms with E-state index in [9.17, 15) is 0 Å². The molecular formula is C13H20N2O. The molecule has 3 nitrogen and oxygen atoms in total. The maximum Gasteiger partial charge on any atom is 0.124 e. The average molecular weight is 220 g/mol. The van der Waals surface area contributed by atoms with Crippen LogP contribution in [-0.4, -0.2) is 12.6 Å². The van der Waals surface area contributed by atoms with Gasteiger partial charge in [0.1, 0.15) is 5.75 Å². The second-order valence-corrected chi connectivity index (χ2v) is 4.90. The highest BCUT2D eigenvalue weighted by atomic mass is 16.5. The molecule has 16 heavy (non-hydrogen) atoms. The van der Waals surface area contributed by atoms with E-state index in [-0.39, 0.29) is 11.6 Å². The van der Waals surface area contributed by atoms with E-state index in [4.69, 9.17) is 16.2 Å². The van der Waals surface area contributed by atoms with Crippen molar-refractivity contribution in [2.24, 2.45) is 11.5 Å². The third kappa shape index (κ3) is 1.81. The highest BCUT2D eigenvalue weighted by molar-refractivity contribution is 5.45. The molecule has 1 aliphatic carbocycles. The molecule has 4 N–H and O–H groups in total. The first kappa shape index (κ1) is 11.4. The first-order chi connectivity index (χ1) is 7.48. The smallest absolute Gasteiger partial charge is 0.124 e.